The van der Waals surface area contributed by atoms with Gasteiger partial charge in [0, 0.05) is 24.2 Å². The highest BCUT2D eigenvalue weighted by Crippen LogP contribution is 2.32. The van der Waals surface area contributed by atoms with Gasteiger partial charge in [0.15, 0.2) is 11.7 Å². The van der Waals surface area contributed by atoms with Crippen molar-refractivity contribution in [1.29, 1.82) is 0 Å². The number of pyridine rings is 1. The summed E-state index contributed by atoms with van der Waals surface area (Å²) < 4.78 is 40.8. The van der Waals surface area contributed by atoms with Crippen molar-refractivity contribution in [3.8, 4) is 11.3 Å². The van der Waals surface area contributed by atoms with Gasteiger partial charge in [0.25, 0.3) is 0 Å². The summed E-state index contributed by atoms with van der Waals surface area (Å²) in [7, 11) is 1.70. The summed E-state index contributed by atoms with van der Waals surface area (Å²) in [6.45, 7) is 1.80. The van der Waals surface area contributed by atoms with E-state index in [4.69, 9.17) is 0 Å². The number of alkyl halides is 3. The van der Waals surface area contributed by atoms with Gasteiger partial charge in [-0.25, -0.2) is 0 Å². The Bertz CT molecular complexity index is 1320. The second kappa shape index (κ2) is 7.59. The van der Waals surface area contributed by atoms with Crippen molar-refractivity contribution in [3.63, 3.8) is 0 Å². The van der Waals surface area contributed by atoms with E-state index in [-0.39, 0.29) is 16.7 Å². The minimum absolute atomic E-state index is 0.228. The van der Waals surface area contributed by atoms with Crippen molar-refractivity contribution in [1.82, 2.24) is 14.8 Å². The van der Waals surface area contributed by atoms with E-state index >= 15 is 0 Å². The minimum Gasteiger partial charge on any atom is -0.368 e. The Morgan fingerprint density at radius 3 is 2.55 bits per heavy atom. The third-order valence-electron chi connectivity index (χ3n) is 4.98. The molecule has 160 valence electrons. The van der Waals surface area contributed by atoms with E-state index < -0.39 is 18.0 Å². The molecule has 0 saturated carbocycles. The lowest BCUT2D eigenvalue weighted by Gasteiger charge is -2.17. The number of benzene rings is 2. The molecule has 0 spiro atoms. The number of hydrogen-bond acceptors (Lipinski definition) is 4. The first-order valence-corrected chi connectivity index (χ1v) is 9.42. The number of aliphatic hydroxyl groups excluding tert-OH is 1. The van der Waals surface area contributed by atoms with Gasteiger partial charge < -0.3 is 15.4 Å². The molecule has 1 unspecified atom stereocenters. The Hall–Kier alpha value is -3.59. The molecule has 0 fully saturated rings. The van der Waals surface area contributed by atoms with Crippen LogP contribution in [0.1, 0.15) is 23.2 Å². The standard InChI is InChI=1S/C22H19F3N4O2/c1-12-9-18(29(2)28-12)21(31)27-16-8-4-7-15-19(30)11-17(26-20(15)16)13-5-3-6-14(10-13)22(23,24)25/h3-11,21,27,31H,1-2H3,(H,26,30). The molecule has 6 nitrogen and oxygen atoms in total. The number of aryl methyl sites for hydroxylation is 2. The molecule has 0 saturated heterocycles. The van der Waals surface area contributed by atoms with Gasteiger partial charge in [-0.05, 0) is 42.8 Å². The van der Waals surface area contributed by atoms with Crippen LogP contribution in [-0.4, -0.2) is 19.9 Å². The van der Waals surface area contributed by atoms with Gasteiger partial charge in [0.2, 0.25) is 0 Å². The van der Waals surface area contributed by atoms with Crippen LogP contribution in [0.2, 0.25) is 0 Å². The van der Waals surface area contributed by atoms with Crippen LogP contribution in [0.15, 0.2) is 59.4 Å². The van der Waals surface area contributed by atoms with Crippen molar-refractivity contribution in [2.24, 2.45) is 7.05 Å². The number of para-hydroxylation sites is 1. The SMILES string of the molecule is Cc1cc(C(O)Nc2cccc3c(=O)cc(-c4cccc(C(F)(F)F)c4)[nH]c23)n(C)n1. The highest BCUT2D eigenvalue weighted by atomic mass is 19.4. The molecule has 0 bridgehead atoms. The van der Waals surface area contributed by atoms with Crippen LogP contribution in [0.3, 0.4) is 0 Å². The number of fused-ring (bicyclic) bond motifs is 1. The molecule has 4 aromatic rings. The monoisotopic (exact) mass is 428 g/mol. The average Bonchev–Trinajstić information content (AvgIpc) is 3.06. The first-order chi connectivity index (χ1) is 14.6. The zero-order chi connectivity index (χ0) is 22.3. The first kappa shape index (κ1) is 20.7. The number of nitrogens with zero attached hydrogens (tertiary/aromatic N) is 2. The zero-order valence-corrected chi connectivity index (χ0v) is 16.7. The van der Waals surface area contributed by atoms with Crippen LogP contribution < -0.4 is 10.7 Å². The maximum Gasteiger partial charge on any atom is 0.416 e. The molecule has 3 N–H and O–H groups in total. The lowest BCUT2D eigenvalue weighted by atomic mass is 10.1. The Balaban J connectivity index is 1.80. The Labute approximate surface area is 175 Å². The molecule has 0 radical (unpaired) electrons. The van der Waals surface area contributed by atoms with E-state index in [1.165, 1.54) is 22.9 Å². The van der Waals surface area contributed by atoms with Crippen LogP contribution in [0.25, 0.3) is 22.2 Å². The predicted molar refractivity (Wildman–Crippen MR) is 112 cm³/mol. The number of aromatic nitrogens is 3. The third kappa shape index (κ3) is 4.04. The van der Waals surface area contributed by atoms with E-state index in [2.05, 4.69) is 15.4 Å². The van der Waals surface area contributed by atoms with E-state index in [1.54, 1.807) is 38.2 Å². The summed E-state index contributed by atoms with van der Waals surface area (Å²) in [6, 6.07) is 12.7. The van der Waals surface area contributed by atoms with E-state index in [9.17, 15) is 23.1 Å². The first-order valence-electron chi connectivity index (χ1n) is 9.42. The number of nitrogens with one attached hydrogen (secondary N) is 2. The van der Waals surface area contributed by atoms with Crippen molar-refractivity contribution in [2.45, 2.75) is 19.3 Å². The van der Waals surface area contributed by atoms with E-state index in [1.807, 2.05) is 0 Å². The predicted octanol–water partition coefficient (Wildman–Crippen LogP) is 4.36. The number of halogens is 3. The zero-order valence-electron chi connectivity index (χ0n) is 16.7. The summed E-state index contributed by atoms with van der Waals surface area (Å²) >= 11 is 0. The highest BCUT2D eigenvalue weighted by Gasteiger charge is 2.30. The van der Waals surface area contributed by atoms with Crippen LogP contribution in [0.5, 0.6) is 0 Å². The molecule has 4 rings (SSSR count). The largest absolute Gasteiger partial charge is 0.416 e. The lowest BCUT2D eigenvalue weighted by molar-refractivity contribution is -0.137. The molecule has 0 aliphatic heterocycles. The number of rotatable bonds is 4. The summed E-state index contributed by atoms with van der Waals surface area (Å²) in [5.74, 6) is 0. The fourth-order valence-corrected chi connectivity index (χ4v) is 3.52. The fourth-order valence-electron chi connectivity index (χ4n) is 3.52. The second-order valence-corrected chi connectivity index (χ2v) is 7.24. The minimum atomic E-state index is -4.49. The summed E-state index contributed by atoms with van der Waals surface area (Å²) in [5.41, 5.74) is 1.36. The van der Waals surface area contributed by atoms with Crippen LogP contribution in [-0.2, 0) is 13.2 Å². The van der Waals surface area contributed by atoms with Gasteiger partial charge in [-0.3, -0.25) is 9.48 Å². The summed E-state index contributed by atoms with van der Waals surface area (Å²) in [6.07, 6.45) is -5.61. The molecule has 31 heavy (non-hydrogen) atoms. The van der Waals surface area contributed by atoms with Crippen molar-refractivity contribution < 1.29 is 18.3 Å². The van der Waals surface area contributed by atoms with Crippen molar-refractivity contribution >= 4 is 16.6 Å². The van der Waals surface area contributed by atoms with Gasteiger partial charge in [0.1, 0.15) is 0 Å². The van der Waals surface area contributed by atoms with E-state index in [0.717, 1.165) is 17.8 Å². The number of aliphatic hydroxyl groups is 1. The average molecular weight is 428 g/mol. The number of H-pyrrole nitrogens is 1. The maximum absolute atomic E-state index is 13.1. The molecule has 2 aromatic heterocycles. The van der Waals surface area contributed by atoms with E-state index in [0.29, 0.717) is 22.3 Å². The topological polar surface area (TPSA) is 82.9 Å². The molecule has 2 heterocycles. The second-order valence-electron chi connectivity index (χ2n) is 7.24. The van der Waals surface area contributed by atoms with Crippen molar-refractivity contribution in [2.75, 3.05) is 5.32 Å². The summed E-state index contributed by atoms with van der Waals surface area (Å²) in [5, 5.41) is 18.1. The Kier molecular flexibility index (Phi) is 5.06. The van der Waals surface area contributed by atoms with Crippen molar-refractivity contribution in [3.05, 3.63) is 81.8 Å². The van der Waals surface area contributed by atoms with Gasteiger partial charge in [-0.1, -0.05) is 18.2 Å². The molecular weight excluding hydrogens is 409 g/mol. The fraction of sp³-hybridized carbons (Fsp3) is 0.182. The Morgan fingerprint density at radius 1 is 1.13 bits per heavy atom. The molecule has 0 aliphatic rings. The summed E-state index contributed by atoms with van der Waals surface area (Å²) in [4.78, 5) is 15.7. The van der Waals surface area contributed by atoms with Crippen LogP contribution in [0, 0.1) is 6.92 Å². The number of anilines is 1. The van der Waals surface area contributed by atoms with Gasteiger partial charge in [-0.2, -0.15) is 18.3 Å². The van der Waals surface area contributed by atoms with Crippen LogP contribution in [0.4, 0.5) is 18.9 Å². The number of hydrogen-bond donors (Lipinski definition) is 3. The molecule has 1 atom stereocenters. The molecule has 2 aromatic carbocycles. The number of aromatic amines is 1. The normalized spacial score (nSPS) is 12.8. The van der Waals surface area contributed by atoms with Gasteiger partial charge in [-0.15, -0.1) is 0 Å². The quantitative estimate of drug-likeness (QED) is 0.422. The van der Waals surface area contributed by atoms with Gasteiger partial charge >= 0.3 is 6.18 Å². The molecule has 0 aliphatic carbocycles. The van der Waals surface area contributed by atoms with Gasteiger partial charge in [0.05, 0.1) is 28.2 Å². The van der Waals surface area contributed by atoms with Crippen LogP contribution >= 0.6 is 0 Å². The third-order valence-corrected chi connectivity index (χ3v) is 4.98. The molecule has 0 amide bonds. The maximum atomic E-state index is 13.1. The molecule has 9 heteroatoms. The lowest BCUT2D eigenvalue weighted by Crippen LogP contribution is -2.15. The Morgan fingerprint density at radius 2 is 1.87 bits per heavy atom. The highest BCUT2D eigenvalue weighted by molar-refractivity contribution is 5.92. The molecular formula is C22H19F3N4O2. The smallest absolute Gasteiger partial charge is 0.368 e.